The third kappa shape index (κ3) is 4.16. The zero-order valence-electron chi connectivity index (χ0n) is 16.7. The maximum atomic E-state index is 12.7. The van der Waals surface area contributed by atoms with Gasteiger partial charge in [0, 0.05) is 18.7 Å². The Morgan fingerprint density at radius 3 is 2.68 bits per heavy atom. The number of nitro benzene ring substituents is 1. The van der Waals surface area contributed by atoms with Crippen molar-refractivity contribution in [1.29, 1.82) is 0 Å². The van der Waals surface area contributed by atoms with E-state index in [1.807, 2.05) is 4.90 Å². The number of ether oxygens (including phenoxy) is 1. The lowest BCUT2D eigenvalue weighted by molar-refractivity contribution is -0.387. The van der Waals surface area contributed by atoms with Crippen LogP contribution in [0, 0.1) is 20.9 Å². The van der Waals surface area contributed by atoms with Gasteiger partial charge in [0.15, 0.2) is 6.61 Å². The molecule has 1 heterocycles. The Kier molecular flexibility index (Phi) is 5.44. The summed E-state index contributed by atoms with van der Waals surface area (Å²) in [5.74, 6) is -0.923. The van der Waals surface area contributed by atoms with Gasteiger partial charge >= 0.3 is 5.97 Å². The second-order valence-electron chi connectivity index (χ2n) is 8.96. The first-order chi connectivity index (χ1) is 13.0. The first-order valence-corrected chi connectivity index (χ1v) is 10.6. The molecule has 1 aromatic carbocycles. The van der Waals surface area contributed by atoms with E-state index < -0.39 is 10.9 Å². The van der Waals surface area contributed by atoms with Gasteiger partial charge in [-0.25, -0.2) is 4.79 Å². The van der Waals surface area contributed by atoms with Crippen LogP contribution in [0.5, 0.6) is 0 Å². The topological polar surface area (TPSA) is 89.8 Å². The fraction of sp³-hybridized carbons (Fsp3) is 0.600. The molecule has 1 aliphatic heterocycles. The number of thioether (sulfide) groups is 1. The molecular weight excluding hydrogens is 380 g/mol. The normalized spacial score (nSPS) is 25.4. The minimum absolute atomic E-state index is 0.0746. The molecule has 2 bridgehead atoms. The second kappa shape index (κ2) is 7.39. The SMILES string of the molecule is CSc1ccc(C(=O)OCC(=O)N2C[C@]3(C)C[C@H]2CC(C)(C)C3)cc1[N+](=O)[O-]. The van der Waals surface area contributed by atoms with Crippen molar-refractivity contribution in [3.8, 4) is 0 Å². The van der Waals surface area contributed by atoms with Gasteiger partial charge in [-0.05, 0) is 48.5 Å². The van der Waals surface area contributed by atoms with Crippen LogP contribution >= 0.6 is 11.8 Å². The summed E-state index contributed by atoms with van der Waals surface area (Å²) in [7, 11) is 0. The van der Waals surface area contributed by atoms with E-state index in [9.17, 15) is 19.7 Å². The molecule has 0 radical (unpaired) electrons. The van der Waals surface area contributed by atoms with Crippen molar-refractivity contribution in [2.45, 2.75) is 51.0 Å². The molecule has 28 heavy (non-hydrogen) atoms. The maximum Gasteiger partial charge on any atom is 0.338 e. The van der Waals surface area contributed by atoms with Gasteiger partial charge in [-0.2, -0.15) is 0 Å². The summed E-state index contributed by atoms with van der Waals surface area (Å²) in [6.07, 6.45) is 4.74. The molecule has 2 fully saturated rings. The van der Waals surface area contributed by atoms with Crippen LogP contribution in [0.4, 0.5) is 5.69 Å². The fourth-order valence-electron chi connectivity index (χ4n) is 5.00. The summed E-state index contributed by atoms with van der Waals surface area (Å²) in [5.41, 5.74) is 0.240. The second-order valence-corrected chi connectivity index (χ2v) is 9.80. The molecule has 0 N–H and O–H groups in total. The van der Waals surface area contributed by atoms with E-state index in [2.05, 4.69) is 20.8 Å². The number of esters is 1. The Labute approximate surface area is 169 Å². The molecule has 8 heteroatoms. The number of carbonyl (C=O) groups excluding carboxylic acids is 2. The number of likely N-dealkylation sites (tertiary alicyclic amines) is 1. The van der Waals surface area contributed by atoms with E-state index in [1.54, 1.807) is 6.26 Å². The highest BCUT2D eigenvalue weighted by Gasteiger charge is 2.50. The zero-order chi connectivity index (χ0) is 20.7. The number of rotatable bonds is 5. The lowest BCUT2D eigenvalue weighted by Gasteiger charge is -2.39. The molecule has 2 atom stereocenters. The Morgan fingerprint density at radius 1 is 1.32 bits per heavy atom. The van der Waals surface area contributed by atoms with Crippen LogP contribution in [0.2, 0.25) is 0 Å². The lowest BCUT2D eigenvalue weighted by Crippen LogP contribution is -2.39. The number of nitro groups is 1. The zero-order valence-corrected chi connectivity index (χ0v) is 17.5. The average molecular weight is 407 g/mol. The predicted octanol–water partition coefficient (Wildman–Crippen LogP) is 3.90. The van der Waals surface area contributed by atoms with Crippen molar-refractivity contribution in [3.05, 3.63) is 33.9 Å². The lowest BCUT2D eigenvalue weighted by atomic mass is 9.65. The first kappa shape index (κ1) is 20.6. The maximum absolute atomic E-state index is 12.7. The highest BCUT2D eigenvalue weighted by Crippen LogP contribution is 2.52. The van der Waals surface area contributed by atoms with Gasteiger partial charge in [0.1, 0.15) is 0 Å². The molecule has 0 unspecified atom stereocenters. The summed E-state index contributed by atoms with van der Waals surface area (Å²) in [6.45, 7) is 7.02. The first-order valence-electron chi connectivity index (χ1n) is 9.33. The average Bonchev–Trinajstić information content (AvgIpc) is 2.87. The van der Waals surface area contributed by atoms with Gasteiger partial charge < -0.3 is 9.64 Å². The minimum Gasteiger partial charge on any atom is -0.452 e. The van der Waals surface area contributed by atoms with Crippen LogP contribution < -0.4 is 0 Å². The van der Waals surface area contributed by atoms with E-state index in [0.717, 1.165) is 19.3 Å². The Bertz CT molecular complexity index is 825. The molecule has 0 spiro atoms. The van der Waals surface area contributed by atoms with Crippen LogP contribution in [0.15, 0.2) is 23.1 Å². The fourth-order valence-corrected chi connectivity index (χ4v) is 5.55. The number of fused-ring (bicyclic) bond motifs is 2. The van der Waals surface area contributed by atoms with Gasteiger partial charge in [0.25, 0.3) is 11.6 Å². The van der Waals surface area contributed by atoms with Crippen LogP contribution in [-0.4, -0.2) is 47.1 Å². The largest absolute Gasteiger partial charge is 0.452 e. The quantitative estimate of drug-likeness (QED) is 0.319. The molecule has 1 aromatic rings. The van der Waals surface area contributed by atoms with E-state index in [1.165, 1.54) is 30.0 Å². The molecule has 152 valence electrons. The van der Waals surface area contributed by atoms with Crippen LogP contribution in [0.1, 0.15) is 50.4 Å². The van der Waals surface area contributed by atoms with Crippen molar-refractivity contribution in [1.82, 2.24) is 4.90 Å². The summed E-state index contributed by atoms with van der Waals surface area (Å²) >= 11 is 1.23. The summed E-state index contributed by atoms with van der Waals surface area (Å²) in [6, 6.07) is 4.39. The summed E-state index contributed by atoms with van der Waals surface area (Å²) in [5, 5.41) is 11.2. The van der Waals surface area contributed by atoms with Crippen LogP contribution in [0.25, 0.3) is 0 Å². The molecule has 7 nitrogen and oxygen atoms in total. The van der Waals surface area contributed by atoms with Gasteiger partial charge in [0.2, 0.25) is 0 Å². The van der Waals surface area contributed by atoms with Crippen molar-refractivity contribution in [2.75, 3.05) is 19.4 Å². The molecule has 1 saturated heterocycles. The van der Waals surface area contributed by atoms with Crippen LogP contribution in [0.3, 0.4) is 0 Å². The highest BCUT2D eigenvalue weighted by molar-refractivity contribution is 7.98. The van der Waals surface area contributed by atoms with Gasteiger partial charge in [0.05, 0.1) is 15.4 Å². The Hall–Kier alpha value is -2.09. The van der Waals surface area contributed by atoms with E-state index in [-0.39, 0.29) is 40.6 Å². The molecule has 1 amide bonds. The smallest absolute Gasteiger partial charge is 0.338 e. The Morgan fingerprint density at radius 2 is 2.04 bits per heavy atom. The van der Waals surface area contributed by atoms with E-state index in [4.69, 9.17) is 4.74 Å². The number of carbonyl (C=O) groups is 2. The Balaban J connectivity index is 1.65. The van der Waals surface area contributed by atoms with E-state index in [0.29, 0.717) is 11.4 Å². The molecule has 1 aliphatic carbocycles. The van der Waals surface area contributed by atoms with E-state index >= 15 is 0 Å². The monoisotopic (exact) mass is 406 g/mol. The predicted molar refractivity (Wildman–Crippen MR) is 106 cm³/mol. The highest BCUT2D eigenvalue weighted by atomic mass is 32.2. The van der Waals surface area contributed by atoms with Gasteiger partial charge in [-0.15, -0.1) is 11.8 Å². The van der Waals surface area contributed by atoms with Crippen LogP contribution in [-0.2, 0) is 9.53 Å². The van der Waals surface area contributed by atoms with Gasteiger partial charge in [-0.1, -0.05) is 20.8 Å². The number of benzene rings is 1. The van der Waals surface area contributed by atoms with Crippen molar-refractivity contribution < 1.29 is 19.2 Å². The summed E-state index contributed by atoms with van der Waals surface area (Å²) < 4.78 is 5.18. The molecule has 0 aromatic heterocycles. The standard InChI is InChI=1S/C20H26N2O5S/c1-19(2)8-14-9-20(3,11-19)12-21(14)17(23)10-27-18(24)13-5-6-16(28-4)15(7-13)22(25)26/h5-7,14H,8-12H2,1-4H3/t14-,20-/m1/s1. The number of hydrogen-bond donors (Lipinski definition) is 0. The summed E-state index contributed by atoms with van der Waals surface area (Å²) in [4.78, 5) is 38.0. The minimum atomic E-state index is -0.724. The molecule has 3 rings (SSSR count). The molecule has 1 saturated carbocycles. The third-order valence-electron chi connectivity index (χ3n) is 5.67. The van der Waals surface area contributed by atoms with Gasteiger partial charge in [-0.3, -0.25) is 14.9 Å². The number of amides is 1. The van der Waals surface area contributed by atoms with Crippen molar-refractivity contribution in [3.63, 3.8) is 0 Å². The van der Waals surface area contributed by atoms with Crippen molar-refractivity contribution >= 4 is 29.3 Å². The molecule has 2 aliphatic rings. The van der Waals surface area contributed by atoms with Crippen molar-refractivity contribution in [2.24, 2.45) is 10.8 Å². The molecular formula is C20H26N2O5S. The third-order valence-corrected chi connectivity index (χ3v) is 6.46. The number of hydrogen-bond acceptors (Lipinski definition) is 6. The number of nitrogens with zero attached hydrogens (tertiary/aromatic N) is 2.